The molecule has 0 aromatic carbocycles. The van der Waals surface area contributed by atoms with Crippen LogP contribution in [0.3, 0.4) is 0 Å². The first-order valence-corrected chi connectivity index (χ1v) is 5.21. The molecule has 0 saturated carbocycles. The molecule has 1 aromatic rings. The summed E-state index contributed by atoms with van der Waals surface area (Å²) in [5.74, 6) is 1.57. The van der Waals surface area contributed by atoms with Crippen molar-refractivity contribution in [2.24, 2.45) is 0 Å². The van der Waals surface area contributed by atoms with E-state index in [2.05, 4.69) is 10.5 Å². The van der Waals surface area contributed by atoms with Gasteiger partial charge >= 0.3 is 0 Å². The van der Waals surface area contributed by atoms with Crippen molar-refractivity contribution in [3.05, 3.63) is 17.0 Å². The molecule has 1 unspecified atom stereocenters. The Morgan fingerprint density at radius 3 is 3.29 bits per heavy atom. The van der Waals surface area contributed by atoms with Gasteiger partial charge in [0.2, 0.25) is 0 Å². The van der Waals surface area contributed by atoms with Crippen LogP contribution in [0.25, 0.3) is 0 Å². The SMILES string of the molecule is C1CC(c2onc3c2COCC3)CN1. The minimum absolute atomic E-state index is 0.507. The van der Waals surface area contributed by atoms with Crippen molar-refractivity contribution < 1.29 is 9.26 Å². The third kappa shape index (κ3) is 1.26. The second-order valence-corrected chi connectivity index (χ2v) is 3.96. The highest BCUT2D eigenvalue weighted by atomic mass is 16.5. The highest BCUT2D eigenvalue weighted by molar-refractivity contribution is 5.27. The van der Waals surface area contributed by atoms with Gasteiger partial charge in [-0.3, -0.25) is 0 Å². The number of fused-ring (bicyclic) bond motifs is 1. The third-order valence-electron chi connectivity index (χ3n) is 3.06. The van der Waals surface area contributed by atoms with Crippen LogP contribution in [0.4, 0.5) is 0 Å². The van der Waals surface area contributed by atoms with Gasteiger partial charge < -0.3 is 14.6 Å². The number of nitrogens with one attached hydrogen (secondary N) is 1. The van der Waals surface area contributed by atoms with Gasteiger partial charge in [-0.25, -0.2) is 0 Å². The highest BCUT2D eigenvalue weighted by Crippen LogP contribution is 2.29. The van der Waals surface area contributed by atoms with Crippen molar-refractivity contribution in [3.63, 3.8) is 0 Å². The molecule has 0 bridgehead atoms. The summed E-state index contributed by atoms with van der Waals surface area (Å²) in [6, 6.07) is 0. The lowest BCUT2D eigenvalue weighted by molar-refractivity contribution is 0.109. The van der Waals surface area contributed by atoms with Crippen LogP contribution in [-0.2, 0) is 17.8 Å². The molecule has 1 saturated heterocycles. The lowest BCUT2D eigenvalue weighted by Crippen LogP contribution is -2.12. The van der Waals surface area contributed by atoms with Crippen molar-refractivity contribution in [1.29, 1.82) is 0 Å². The Morgan fingerprint density at radius 2 is 2.43 bits per heavy atom. The van der Waals surface area contributed by atoms with Gasteiger partial charge in [0.05, 0.1) is 18.9 Å². The molecule has 0 aliphatic carbocycles. The summed E-state index contributed by atoms with van der Waals surface area (Å²) in [5.41, 5.74) is 2.32. The molecule has 0 radical (unpaired) electrons. The number of aromatic nitrogens is 1. The summed E-state index contributed by atoms with van der Waals surface area (Å²) >= 11 is 0. The molecule has 3 heterocycles. The number of ether oxygens (including phenoxy) is 1. The Balaban J connectivity index is 1.93. The lowest BCUT2D eigenvalue weighted by Gasteiger charge is -2.12. The highest BCUT2D eigenvalue weighted by Gasteiger charge is 2.27. The van der Waals surface area contributed by atoms with Gasteiger partial charge in [-0.05, 0) is 13.0 Å². The molecular formula is C10H14N2O2. The number of hydrogen-bond acceptors (Lipinski definition) is 4. The minimum atomic E-state index is 0.507. The van der Waals surface area contributed by atoms with Gasteiger partial charge in [-0.1, -0.05) is 5.16 Å². The van der Waals surface area contributed by atoms with Gasteiger partial charge in [0.15, 0.2) is 0 Å². The van der Waals surface area contributed by atoms with E-state index in [4.69, 9.17) is 9.26 Å². The third-order valence-corrected chi connectivity index (χ3v) is 3.06. The monoisotopic (exact) mass is 194 g/mol. The van der Waals surface area contributed by atoms with Gasteiger partial charge in [0, 0.05) is 24.4 Å². The summed E-state index contributed by atoms with van der Waals surface area (Å²) in [4.78, 5) is 0. The van der Waals surface area contributed by atoms with Crippen LogP contribution in [-0.4, -0.2) is 24.9 Å². The predicted octanol–water partition coefficient (Wildman–Crippen LogP) is 0.824. The molecular weight excluding hydrogens is 180 g/mol. The van der Waals surface area contributed by atoms with E-state index in [1.807, 2.05) is 0 Å². The fourth-order valence-corrected chi connectivity index (χ4v) is 2.25. The van der Waals surface area contributed by atoms with Crippen LogP contribution in [0.1, 0.15) is 29.4 Å². The molecule has 14 heavy (non-hydrogen) atoms. The molecule has 1 aromatic heterocycles. The van der Waals surface area contributed by atoms with E-state index in [-0.39, 0.29) is 0 Å². The Kier molecular flexibility index (Phi) is 2.03. The van der Waals surface area contributed by atoms with Gasteiger partial charge in [0.25, 0.3) is 0 Å². The zero-order valence-electron chi connectivity index (χ0n) is 8.08. The largest absolute Gasteiger partial charge is 0.376 e. The molecule has 2 aliphatic heterocycles. The average molecular weight is 194 g/mol. The smallest absolute Gasteiger partial charge is 0.146 e. The summed E-state index contributed by atoms with van der Waals surface area (Å²) in [5, 5.41) is 7.46. The van der Waals surface area contributed by atoms with Crippen molar-refractivity contribution in [2.45, 2.75) is 25.4 Å². The molecule has 2 aliphatic rings. The van der Waals surface area contributed by atoms with Gasteiger partial charge in [0.1, 0.15) is 5.76 Å². The Hall–Kier alpha value is -0.870. The average Bonchev–Trinajstić information content (AvgIpc) is 2.85. The summed E-state index contributed by atoms with van der Waals surface area (Å²) in [6.45, 7) is 3.56. The van der Waals surface area contributed by atoms with Gasteiger partial charge in [-0.2, -0.15) is 0 Å². The first-order valence-electron chi connectivity index (χ1n) is 5.21. The molecule has 3 rings (SSSR count). The zero-order valence-corrected chi connectivity index (χ0v) is 8.08. The number of rotatable bonds is 1. The maximum absolute atomic E-state index is 5.43. The topological polar surface area (TPSA) is 47.3 Å². The lowest BCUT2D eigenvalue weighted by atomic mass is 9.99. The molecule has 4 heteroatoms. The Bertz CT molecular complexity index is 329. The van der Waals surface area contributed by atoms with Crippen molar-refractivity contribution in [2.75, 3.05) is 19.7 Å². The standard InChI is InChI=1S/C10H14N2O2/c1-3-11-5-7(1)10-8-6-13-4-2-9(8)12-14-10/h7,11H,1-6H2. The predicted molar refractivity (Wildman–Crippen MR) is 50.1 cm³/mol. The molecule has 4 nitrogen and oxygen atoms in total. The number of hydrogen-bond donors (Lipinski definition) is 1. The van der Waals surface area contributed by atoms with E-state index in [1.54, 1.807) is 0 Å². The molecule has 1 N–H and O–H groups in total. The van der Waals surface area contributed by atoms with E-state index >= 15 is 0 Å². The molecule has 0 spiro atoms. The van der Waals surface area contributed by atoms with Crippen LogP contribution < -0.4 is 5.32 Å². The molecule has 0 amide bonds. The van der Waals surface area contributed by atoms with Crippen LogP contribution in [0, 0.1) is 0 Å². The van der Waals surface area contributed by atoms with Crippen LogP contribution in [0.2, 0.25) is 0 Å². The van der Waals surface area contributed by atoms with E-state index in [9.17, 15) is 0 Å². The first-order chi connectivity index (χ1) is 6.95. The normalized spacial score (nSPS) is 26.4. The quantitative estimate of drug-likeness (QED) is 0.719. The maximum Gasteiger partial charge on any atom is 0.146 e. The minimum Gasteiger partial charge on any atom is -0.376 e. The van der Waals surface area contributed by atoms with Crippen molar-refractivity contribution in [3.8, 4) is 0 Å². The van der Waals surface area contributed by atoms with Crippen LogP contribution in [0.15, 0.2) is 4.52 Å². The van der Waals surface area contributed by atoms with Crippen molar-refractivity contribution >= 4 is 0 Å². The first kappa shape index (κ1) is 8.44. The fraction of sp³-hybridized carbons (Fsp3) is 0.700. The zero-order chi connectivity index (χ0) is 9.38. The number of nitrogens with zero attached hydrogens (tertiary/aromatic N) is 1. The second-order valence-electron chi connectivity index (χ2n) is 3.96. The van der Waals surface area contributed by atoms with E-state index < -0.39 is 0 Å². The summed E-state index contributed by atoms with van der Waals surface area (Å²) in [7, 11) is 0. The molecule has 76 valence electrons. The van der Waals surface area contributed by atoms with E-state index in [0.29, 0.717) is 12.5 Å². The van der Waals surface area contributed by atoms with Crippen LogP contribution in [0.5, 0.6) is 0 Å². The van der Waals surface area contributed by atoms with Gasteiger partial charge in [-0.15, -0.1) is 0 Å². The second kappa shape index (κ2) is 3.37. The van der Waals surface area contributed by atoms with E-state index in [0.717, 1.165) is 44.0 Å². The Morgan fingerprint density at radius 1 is 1.43 bits per heavy atom. The van der Waals surface area contributed by atoms with E-state index in [1.165, 1.54) is 5.56 Å². The summed E-state index contributed by atoms with van der Waals surface area (Å²) in [6.07, 6.45) is 2.06. The Labute approximate surface area is 82.6 Å². The maximum atomic E-state index is 5.43. The fourth-order valence-electron chi connectivity index (χ4n) is 2.25. The van der Waals surface area contributed by atoms with Crippen molar-refractivity contribution in [1.82, 2.24) is 10.5 Å². The summed E-state index contributed by atoms with van der Waals surface area (Å²) < 4.78 is 10.9. The molecule has 1 fully saturated rings. The molecule has 1 atom stereocenters. The van der Waals surface area contributed by atoms with Crippen LogP contribution >= 0.6 is 0 Å².